The molecule has 0 saturated carbocycles. The van der Waals surface area contributed by atoms with Gasteiger partial charge in [-0.25, -0.2) is 9.97 Å². The average Bonchev–Trinajstić information content (AvgIpc) is 3.14. The van der Waals surface area contributed by atoms with E-state index in [0.717, 1.165) is 25.2 Å². The van der Waals surface area contributed by atoms with Crippen LogP contribution in [0.5, 0.6) is 11.6 Å². The fraction of sp³-hybridized carbons (Fsp3) is 0.167. The molecule has 0 atom stereocenters. The first-order chi connectivity index (χ1) is 12.2. The second-order valence-electron chi connectivity index (χ2n) is 5.48. The Labute approximate surface area is 145 Å². The van der Waals surface area contributed by atoms with Crippen molar-refractivity contribution in [3.63, 3.8) is 0 Å². The van der Waals surface area contributed by atoms with Crippen molar-refractivity contribution in [2.45, 2.75) is 13.0 Å². The highest BCUT2D eigenvalue weighted by atomic mass is 16.5. The number of imidazole rings is 1. The normalized spacial score (nSPS) is 10.6. The predicted molar refractivity (Wildman–Crippen MR) is 93.3 cm³/mol. The van der Waals surface area contributed by atoms with Gasteiger partial charge in [0.15, 0.2) is 0 Å². The van der Waals surface area contributed by atoms with Crippen LogP contribution in [0, 0.1) is 0 Å². The summed E-state index contributed by atoms with van der Waals surface area (Å²) in [5.74, 6) is 0.593. The van der Waals surface area contributed by atoms with Gasteiger partial charge in [-0.1, -0.05) is 12.1 Å². The van der Waals surface area contributed by atoms with Gasteiger partial charge in [0, 0.05) is 25.0 Å². The number of nitrogens with two attached hydrogens (primary N) is 1. The lowest BCUT2D eigenvalue weighted by molar-refractivity contribution is 0.1000. The van der Waals surface area contributed by atoms with Gasteiger partial charge in [-0.05, 0) is 36.7 Å². The molecule has 4 N–H and O–H groups in total. The van der Waals surface area contributed by atoms with Crippen LogP contribution in [-0.4, -0.2) is 27.4 Å². The second kappa shape index (κ2) is 8.07. The quantitative estimate of drug-likeness (QED) is 0.545. The SMILES string of the molecule is NC(=O)c1ccc(Oc2ccc(CCNCc3c[nH]cn3)cc2)nc1. The van der Waals surface area contributed by atoms with Crippen molar-refractivity contribution >= 4 is 5.91 Å². The summed E-state index contributed by atoms with van der Waals surface area (Å²) in [6.07, 6.45) is 5.86. The number of aromatic nitrogens is 3. The number of hydrogen-bond acceptors (Lipinski definition) is 5. The largest absolute Gasteiger partial charge is 0.439 e. The Bertz CT molecular complexity index is 798. The number of primary amides is 1. The summed E-state index contributed by atoms with van der Waals surface area (Å²) in [7, 11) is 0. The van der Waals surface area contributed by atoms with E-state index < -0.39 is 5.91 Å². The molecule has 0 saturated heterocycles. The van der Waals surface area contributed by atoms with Crippen molar-refractivity contribution in [2.75, 3.05) is 6.54 Å². The third-order valence-electron chi connectivity index (χ3n) is 3.62. The molecule has 1 amide bonds. The summed E-state index contributed by atoms with van der Waals surface area (Å²) in [5.41, 5.74) is 7.74. The second-order valence-corrected chi connectivity index (χ2v) is 5.48. The highest BCUT2D eigenvalue weighted by Crippen LogP contribution is 2.20. The maximum atomic E-state index is 11.0. The lowest BCUT2D eigenvalue weighted by Crippen LogP contribution is -2.16. The van der Waals surface area contributed by atoms with E-state index in [1.165, 1.54) is 11.8 Å². The molecule has 0 spiro atoms. The van der Waals surface area contributed by atoms with Gasteiger partial charge < -0.3 is 20.8 Å². The molecule has 2 heterocycles. The van der Waals surface area contributed by atoms with Gasteiger partial charge in [0.1, 0.15) is 5.75 Å². The lowest BCUT2D eigenvalue weighted by Gasteiger charge is -2.07. The Kier molecular flexibility index (Phi) is 5.38. The molecule has 3 aromatic rings. The van der Waals surface area contributed by atoms with E-state index in [-0.39, 0.29) is 0 Å². The topological polar surface area (TPSA) is 106 Å². The maximum absolute atomic E-state index is 11.0. The molecule has 1 aromatic carbocycles. The van der Waals surface area contributed by atoms with E-state index in [2.05, 4.69) is 20.3 Å². The summed E-state index contributed by atoms with van der Waals surface area (Å²) < 4.78 is 5.65. The van der Waals surface area contributed by atoms with E-state index >= 15 is 0 Å². The van der Waals surface area contributed by atoms with Crippen molar-refractivity contribution < 1.29 is 9.53 Å². The number of amides is 1. The molecule has 3 rings (SSSR count). The van der Waals surface area contributed by atoms with Crippen LogP contribution in [0.15, 0.2) is 55.1 Å². The minimum Gasteiger partial charge on any atom is -0.439 e. The van der Waals surface area contributed by atoms with Gasteiger partial charge in [0.05, 0.1) is 17.6 Å². The van der Waals surface area contributed by atoms with Crippen LogP contribution < -0.4 is 15.8 Å². The number of nitrogens with zero attached hydrogens (tertiary/aromatic N) is 2. The highest BCUT2D eigenvalue weighted by Gasteiger charge is 2.03. The zero-order chi connectivity index (χ0) is 17.5. The molecule has 0 fully saturated rings. The Morgan fingerprint density at radius 3 is 2.64 bits per heavy atom. The molecule has 0 aliphatic heterocycles. The number of ether oxygens (including phenoxy) is 1. The van der Waals surface area contributed by atoms with Crippen LogP contribution in [-0.2, 0) is 13.0 Å². The summed E-state index contributed by atoms with van der Waals surface area (Å²) in [4.78, 5) is 22.2. The Morgan fingerprint density at radius 2 is 2.00 bits per heavy atom. The number of rotatable bonds is 8. The molecule has 0 radical (unpaired) electrons. The van der Waals surface area contributed by atoms with Gasteiger partial charge in [0.25, 0.3) is 0 Å². The molecule has 7 heteroatoms. The first-order valence-electron chi connectivity index (χ1n) is 7.92. The third-order valence-corrected chi connectivity index (χ3v) is 3.62. The van der Waals surface area contributed by atoms with Crippen LogP contribution in [0.25, 0.3) is 0 Å². The van der Waals surface area contributed by atoms with Crippen molar-refractivity contribution in [2.24, 2.45) is 5.73 Å². The first kappa shape index (κ1) is 16.7. The number of carbonyl (C=O) groups excluding carboxylic acids is 1. The van der Waals surface area contributed by atoms with Crippen molar-refractivity contribution in [1.82, 2.24) is 20.3 Å². The Hall–Kier alpha value is -3.19. The molecule has 2 aromatic heterocycles. The minimum atomic E-state index is -0.510. The molecule has 25 heavy (non-hydrogen) atoms. The lowest BCUT2D eigenvalue weighted by atomic mass is 10.1. The summed E-state index contributed by atoms with van der Waals surface area (Å²) >= 11 is 0. The van der Waals surface area contributed by atoms with E-state index in [0.29, 0.717) is 17.2 Å². The number of carbonyl (C=O) groups is 1. The number of hydrogen-bond donors (Lipinski definition) is 3. The molecule has 128 valence electrons. The molecule has 7 nitrogen and oxygen atoms in total. The van der Waals surface area contributed by atoms with Gasteiger partial charge in [-0.3, -0.25) is 4.79 Å². The Balaban J connectivity index is 1.47. The molecule has 0 aliphatic carbocycles. The number of nitrogens with one attached hydrogen (secondary N) is 2. The standard InChI is InChI=1S/C18H19N5O2/c19-18(24)14-3-6-17(22-9-14)25-16-4-1-13(2-5-16)7-8-20-10-15-11-21-12-23-15/h1-6,9,11-12,20H,7-8,10H2,(H2,19,24)(H,21,23). The van der Waals surface area contributed by atoms with Crippen LogP contribution in [0.1, 0.15) is 21.6 Å². The average molecular weight is 337 g/mol. The molecule has 0 unspecified atom stereocenters. The molecule has 0 aliphatic rings. The minimum absolute atomic E-state index is 0.352. The first-order valence-corrected chi connectivity index (χ1v) is 7.92. The van der Waals surface area contributed by atoms with Gasteiger partial charge in [-0.15, -0.1) is 0 Å². The van der Waals surface area contributed by atoms with Crippen LogP contribution in [0.3, 0.4) is 0 Å². The van der Waals surface area contributed by atoms with E-state index in [1.807, 2.05) is 30.5 Å². The molecular formula is C18H19N5O2. The van der Waals surface area contributed by atoms with Crippen LogP contribution >= 0.6 is 0 Å². The highest BCUT2D eigenvalue weighted by molar-refractivity contribution is 5.92. The smallest absolute Gasteiger partial charge is 0.250 e. The fourth-order valence-corrected chi connectivity index (χ4v) is 2.27. The van der Waals surface area contributed by atoms with Gasteiger partial charge in [-0.2, -0.15) is 0 Å². The monoisotopic (exact) mass is 337 g/mol. The fourth-order valence-electron chi connectivity index (χ4n) is 2.27. The summed E-state index contributed by atoms with van der Waals surface area (Å²) in [5, 5.41) is 3.34. The number of benzene rings is 1. The molecule has 0 bridgehead atoms. The number of H-pyrrole nitrogens is 1. The van der Waals surface area contributed by atoms with Crippen molar-refractivity contribution in [1.29, 1.82) is 0 Å². The van der Waals surface area contributed by atoms with Gasteiger partial charge >= 0.3 is 0 Å². The maximum Gasteiger partial charge on any atom is 0.250 e. The van der Waals surface area contributed by atoms with E-state index in [9.17, 15) is 4.79 Å². The van der Waals surface area contributed by atoms with Crippen LogP contribution in [0.4, 0.5) is 0 Å². The zero-order valence-electron chi connectivity index (χ0n) is 13.6. The summed E-state index contributed by atoms with van der Waals surface area (Å²) in [6, 6.07) is 11.0. The van der Waals surface area contributed by atoms with Crippen molar-refractivity contribution in [3.8, 4) is 11.6 Å². The summed E-state index contributed by atoms with van der Waals surface area (Å²) in [6.45, 7) is 1.61. The van der Waals surface area contributed by atoms with E-state index in [1.54, 1.807) is 18.5 Å². The van der Waals surface area contributed by atoms with Gasteiger partial charge in [0.2, 0.25) is 11.8 Å². The van der Waals surface area contributed by atoms with Crippen LogP contribution in [0.2, 0.25) is 0 Å². The third kappa shape index (κ3) is 4.89. The zero-order valence-corrected chi connectivity index (χ0v) is 13.6. The Morgan fingerprint density at radius 1 is 1.16 bits per heavy atom. The molecular weight excluding hydrogens is 318 g/mol. The van der Waals surface area contributed by atoms with E-state index in [4.69, 9.17) is 10.5 Å². The van der Waals surface area contributed by atoms with Crippen molar-refractivity contribution in [3.05, 3.63) is 71.9 Å². The number of pyridine rings is 1. The number of aromatic amines is 1. The predicted octanol–water partition coefficient (Wildman–Crippen LogP) is 2.03.